The monoisotopic (exact) mass is 433 g/mol. The van der Waals surface area contributed by atoms with Gasteiger partial charge in [0.25, 0.3) is 0 Å². The molecule has 4 aromatic rings. The fraction of sp³-hybridized carbons (Fsp3) is 0.318. The van der Waals surface area contributed by atoms with Gasteiger partial charge >= 0.3 is 0 Å². The van der Waals surface area contributed by atoms with Crippen molar-refractivity contribution in [3.63, 3.8) is 0 Å². The van der Waals surface area contributed by atoms with Crippen molar-refractivity contribution in [3.05, 3.63) is 54.1 Å². The molecule has 1 aliphatic heterocycles. The van der Waals surface area contributed by atoms with Crippen LogP contribution in [0.4, 0.5) is 10.9 Å². The number of fused-ring (bicyclic) bond motifs is 1. The minimum absolute atomic E-state index is 0.0107. The molecule has 0 bridgehead atoms. The van der Waals surface area contributed by atoms with Crippen molar-refractivity contribution in [1.82, 2.24) is 24.7 Å². The summed E-state index contributed by atoms with van der Waals surface area (Å²) in [6.07, 6.45) is 3.34. The summed E-state index contributed by atoms with van der Waals surface area (Å²) in [7, 11) is 0. The van der Waals surface area contributed by atoms with Crippen LogP contribution < -0.4 is 10.2 Å². The van der Waals surface area contributed by atoms with E-state index in [1.807, 2.05) is 54.9 Å². The first-order chi connectivity index (χ1) is 15.1. The van der Waals surface area contributed by atoms with Gasteiger partial charge in [-0.3, -0.25) is 4.79 Å². The maximum absolute atomic E-state index is 12.9. The summed E-state index contributed by atoms with van der Waals surface area (Å²) in [5, 5.41) is 8.18. The van der Waals surface area contributed by atoms with Crippen LogP contribution in [0.25, 0.3) is 16.0 Å². The molecule has 1 aromatic carbocycles. The van der Waals surface area contributed by atoms with Crippen molar-refractivity contribution in [2.45, 2.75) is 26.7 Å². The number of hydrogen-bond acceptors (Lipinski definition) is 7. The quantitative estimate of drug-likeness (QED) is 0.527. The van der Waals surface area contributed by atoms with E-state index in [0.717, 1.165) is 52.6 Å². The second kappa shape index (κ2) is 8.07. The Morgan fingerprint density at radius 3 is 2.81 bits per heavy atom. The van der Waals surface area contributed by atoms with Gasteiger partial charge in [-0.05, 0) is 44.9 Å². The first-order valence-corrected chi connectivity index (χ1v) is 11.2. The van der Waals surface area contributed by atoms with Crippen molar-refractivity contribution in [2.75, 3.05) is 23.3 Å². The number of aryl methyl sites for hydroxylation is 2. The zero-order valence-corrected chi connectivity index (χ0v) is 18.3. The van der Waals surface area contributed by atoms with Crippen LogP contribution in [0.15, 0.2) is 42.7 Å². The molecule has 158 valence electrons. The molecule has 9 heteroatoms. The van der Waals surface area contributed by atoms with Gasteiger partial charge in [0, 0.05) is 24.8 Å². The summed E-state index contributed by atoms with van der Waals surface area (Å²) >= 11 is 1.50. The largest absolute Gasteiger partial charge is 0.356 e. The van der Waals surface area contributed by atoms with Gasteiger partial charge in [-0.15, -0.1) is 0 Å². The van der Waals surface area contributed by atoms with Crippen LogP contribution in [-0.2, 0) is 4.79 Å². The van der Waals surface area contributed by atoms with Gasteiger partial charge in [-0.1, -0.05) is 23.5 Å². The Morgan fingerprint density at radius 2 is 2.00 bits per heavy atom. The van der Waals surface area contributed by atoms with Gasteiger partial charge in [0.1, 0.15) is 12.1 Å². The lowest BCUT2D eigenvalue weighted by Crippen LogP contribution is -2.41. The fourth-order valence-corrected chi connectivity index (χ4v) is 4.89. The number of nitrogens with one attached hydrogen (secondary N) is 1. The minimum Gasteiger partial charge on any atom is -0.356 e. The molecule has 8 nitrogen and oxygen atoms in total. The van der Waals surface area contributed by atoms with E-state index in [-0.39, 0.29) is 11.8 Å². The highest BCUT2D eigenvalue weighted by Gasteiger charge is 2.27. The molecular weight excluding hydrogens is 410 g/mol. The molecule has 0 aliphatic carbocycles. The lowest BCUT2D eigenvalue weighted by Gasteiger charge is -2.32. The van der Waals surface area contributed by atoms with Gasteiger partial charge in [0.2, 0.25) is 5.91 Å². The molecule has 0 radical (unpaired) electrons. The van der Waals surface area contributed by atoms with Crippen LogP contribution in [0.3, 0.4) is 0 Å². The third-order valence-corrected chi connectivity index (χ3v) is 6.46. The van der Waals surface area contributed by atoms with Crippen LogP contribution in [0, 0.1) is 19.8 Å². The smallest absolute Gasteiger partial charge is 0.231 e. The molecule has 1 aliphatic rings. The number of amides is 1. The molecule has 5 rings (SSSR count). The molecule has 31 heavy (non-hydrogen) atoms. The van der Waals surface area contributed by atoms with Crippen molar-refractivity contribution in [2.24, 2.45) is 5.92 Å². The van der Waals surface area contributed by atoms with Crippen molar-refractivity contribution >= 4 is 38.4 Å². The molecule has 1 saturated heterocycles. The number of nitrogens with zero attached hydrogens (tertiary/aromatic N) is 6. The number of para-hydroxylation sites is 1. The Morgan fingerprint density at radius 1 is 1.16 bits per heavy atom. The second-order valence-corrected chi connectivity index (χ2v) is 8.87. The summed E-state index contributed by atoms with van der Waals surface area (Å²) in [6, 6.07) is 11.9. The van der Waals surface area contributed by atoms with E-state index >= 15 is 0 Å². The summed E-state index contributed by atoms with van der Waals surface area (Å²) < 4.78 is 2.89. The SMILES string of the molecule is Cc1cc(C)n(-c2cc(N3CCC[C@H](C(=O)Nc4nc5ccccc5s4)C3)ncn2)n1. The number of benzene rings is 1. The normalized spacial score (nSPS) is 16.6. The molecule has 0 spiro atoms. The van der Waals surface area contributed by atoms with Crippen LogP contribution in [0.5, 0.6) is 0 Å². The minimum atomic E-state index is -0.118. The molecule has 1 fully saturated rings. The summed E-state index contributed by atoms with van der Waals surface area (Å²) in [4.78, 5) is 28.5. The highest BCUT2D eigenvalue weighted by Crippen LogP contribution is 2.28. The van der Waals surface area contributed by atoms with Gasteiger partial charge in [0.15, 0.2) is 10.9 Å². The van der Waals surface area contributed by atoms with E-state index in [1.165, 1.54) is 11.3 Å². The van der Waals surface area contributed by atoms with E-state index in [9.17, 15) is 4.79 Å². The Kier molecular flexibility index (Phi) is 5.11. The zero-order valence-electron chi connectivity index (χ0n) is 17.4. The van der Waals surface area contributed by atoms with E-state index in [2.05, 4.69) is 30.3 Å². The van der Waals surface area contributed by atoms with E-state index in [0.29, 0.717) is 11.7 Å². The van der Waals surface area contributed by atoms with E-state index < -0.39 is 0 Å². The van der Waals surface area contributed by atoms with Crippen molar-refractivity contribution < 1.29 is 4.79 Å². The molecule has 3 aromatic heterocycles. The predicted molar refractivity (Wildman–Crippen MR) is 122 cm³/mol. The highest BCUT2D eigenvalue weighted by molar-refractivity contribution is 7.22. The molecule has 1 N–H and O–H groups in total. The molecule has 0 unspecified atom stereocenters. The number of carbonyl (C=O) groups excluding carboxylic acids is 1. The third-order valence-electron chi connectivity index (χ3n) is 5.51. The lowest BCUT2D eigenvalue weighted by molar-refractivity contribution is -0.120. The lowest BCUT2D eigenvalue weighted by atomic mass is 9.97. The molecule has 4 heterocycles. The number of anilines is 2. The molecule has 1 amide bonds. The summed E-state index contributed by atoms with van der Waals surface area (Å²) in [5.74, 6) is 1.44. The van der Waals surface area contributed by atoms with Gasteiger partial charge in [-0.25, -0.2) is 19.6 Å². The number of hydrogen-bond donors (Lipinski definition) is 1. The van der Waals surface area contributed by atoms with Crippen LogP contribution in [-0.4, -0.2) is 43.7 Å². The van der Waals surface area contributed by atoms with E-state index in [1.54, 1.807) is 6.33 Å². The van der Waals surface area contributed by atoms with Crippen molar-refractivity contribution in [1.29, 1.82) is 0 Å². The number of rotatable bonds is 4. The number of piperidine rings is 1. The van der Waals surface area contributed by atoms with Crippen LogP contribution in [0.2, 0.25) is 0 Å². The predicted octanol–water partition coefficient (Wildman–Crippen LogP) is 3.74. The van der Waals surface area contributed by atoms with Crippen LogP contribution >= 0.6 is 11.3 Å². The maximum Gasteiger partial charge on any atom is 0.231 e. The molecular formula is C22H23N7OS. The average molecular weight is 434 g/mol. The molecule has 1 atom stereocenters. The first-order valence-electron chi connectivity index (χ1n) is 10.3. The Bertz CT molecular complexity index is 1210. The Hall–Kier alpha value is -3.33. The highest BCUT2D eigenvalue weighted by atomic mass is 32.1. The van der Waals surface area contributed by atoms with E-state index in [4.69, 9.17) is 0 Å². The van der Waals surface area contributed by atoms with Gasteiger partial charge in [-0.2, -0.15) is 5.10 Å². The topological polar surface area (TPSA) is 88.8 Å². The number of carbonyl (C=O) groups is 1. The fourth-order valence-electron chi connectivity index (χ4n) is 4.02. The van der Waals surface area contributed by atoms with Gasteiger partial charge < -0.3 is 10.2 Å². The van der Waals surface area contributed by atoms with Gasteiger partial charge in [0.05, 0.1) is 21.8 Å². The summed E-state index contributed by atoms with van der Waals surface area (Å²) in [5.41, 5.74) is 2.88. The van der Waals surface area contributed by atoms with Crippen molar-refractivity contribution in [3.8, 4) is 5.82 Å². The first kappa shape index (κ1) is 19.6. The standard InChI is InChI=1S/C22H23N7OS/c1-14-10-15(2)29(27-14)20-11-19(23-13-24-20)28-9-5-6-16(12-28)21(30)26-22-25-17-7-3-4-8-18(17)31-22/h3-4,7-8,10-11,13,16H,5-6,9,12H2,1-2H3,(H,25,26,30)/t16-/m0/s1. The second-order valence-electron chi connectivity index (χ2n) is 7.83. The molecule has 0 saturated carbocycles. The Balaban J connectivity index is 1.31. The third kappa shape index (κ3) is 4.00. The summed E-state index contributed by atoms with van der Waals surface area (Å²) in [6.45, 7) is 5.44. The average Bonchev–Trinajstić information content (AvgIpc) is 3.35. The number of thiazole rings is 1. The maximum atomic E-state index is 12.9. The van der Waals surface area contributed by atoms with Crippen LogP contribution in [0.1, 0.15) is 24.2 Å². The zero-order chi connectivity index (χ0) is 21.4. The number of aromatic nitrogens is 5. The Labute approximate surface area is 184 Å².